The number of aromatic nitrogens is 2. The highest BCUT2D eigenvalue weighted by atomic mass is 32.1. The van der Waals surface area contributed by atoms with Gasteiger partial charge < -0.3 is 20.3 Å². The third-order valence-corrected chi connectivity index (χ3v) is 5.55. The van der Waals surface area contributed by atoms with E-state index in [0.29, 0.717) is 29.8 Å². The molecule has 152 valence electrons. The summed E-state index contributed by atoms with van der Waals surface area (Å²) in [5.74, 6) is 0.548. The molecule has 2 aromatic carbocycles. The molecule has 4 rings (SSSR count). The zero-order chi connectivity index (χ0) is 20.2. The lowest BCUT2D eigenvalue weighted by Crippen LogP contribution is -2.36. The molecule has 3 aromatic rings. The van der Waals surface area contributed by atoms with Gasteiger partial charge in [-0.2, -0.15) is 0 Å². The summed E-state index contributed by atoms with van der Waals surface area (Å²) in [5, 5.41) is 15.1. The monoisotopic (exact) mass is 411 g/mol. The molecule has 0 saturated carbocycles. The molecule has 0 aliphatic carbocycles. The normalized spacial score (nSPS) is 15.3. The largest absolute Gasteiger partial charge is 0.378 e. The molecule has 29 heavy (non-hydrogen) atoms. The molecule has 1 fully saturated rings. The van der Waals surface area contributed by atoms with Crippen LogP contribution in [0.5, 0.6) is 0 Å². The van der Waals surface area contributed by atoms with Gasteiger partial charge in [-0.15, -0.1) is 0 Å². The minimum atomic E-state index is 0.490. The second kappa shape index (κ2) is 8.75. The van der Waals surface area contributed by atoms with Gasteiger partial charge in [0.1, 0.15) is 0 Å². The molecule has 1 atom stereocenters. The lowest BCUT2D eigenvalue weighted by Gasteiger charge is -2.28. The van der Waals surface area contributed by atoms with Crippen molar-refractivity contribution in [3.63, 3.8) is 0 Å². The first-order chi connectivity index (χ1) is 14.2. The van der Waals surface area contributed by atoms with Crippen LogP contribution >= 0.6 is 12.2 Å². The van der Waals surface area contributed by atoms with Gasteiger partial charge in [-0.05, 0) is 64.7 Å². The second-order valence-corrected chi connectivity index (χ2v) is 7.61. The van der Waals surface area contributed by atoms with Crippen LogP contribution in [0.2, 0.25) is 0 Å². The fourth-order valence-corrected chi connectivity index (χ4v) is 3.66. The molecule has 7 nitrogen and oxygen atoms in total. The lowest BCUT2D eigenvalue weighted by molar-refractivity contribution is 0.123. The first-order valence-corrected chi connectivity index (χ1v) is 10.3. The maximum Gasteiger partial charge on any atom is 0.175 e. The van der Waals surface area contributed by atoms with Crippen LogP contribution in [0.15, 0.2) is 41.0 Å². The smallest absolute Gasteiger partial charge is 0.175 e. The molecule has 8 heteroatoms. The van der Waals surface area contributed by atoms with Crippen molar-refractivity contribution in [1.29, 1.82) is 0 Å². The van der Waals surface area contributed by atoms with Crippen molar-refractivity contribution >= 4 is 45.4 Å². The minimum absolute atomic E-state index is 0.490. The van der Waals surface area contributed by atoms with E-state index in [1.54, 1.807) is 0 Å². The molecule has 0 radical (unpaired) electrons. The van der Waals surface area contributed by atoms with Crippen LogP contribution in [0.1, 0.15) is 31.7 Å². The molecule has 1 aromatic heterocycles. The van der Waals surface area contributed by atoms with Crippen LogP contribution in [0.25, 0.3) is 11.0 Å². The number of hydrogen-bond donors (Lipinski definition) is 2. The molecule has 1 unspecified atom stereocenters. The van der Waals surface area contributed by atoms with Gasteiger partial charge in [-0.25, -0.2) is 4.63 Å². The number of rotatable bonds is 5. The van der Waals surface area contributed by atoms with Crippen molar-refractivity contribution in [3.05, 3.63) is 42.0 Å². The summed E-state index contributed by atoms with van der Waals surface area (Å²) in [6, 6.07) is 12.3. The third-order valence-electron chi connectivity index (χ3n) is 5.34. The van der Waals surface area contributed by atoms with E-state index in [4.69, 9.17) is 21.6 Å². The number of nitrogens with one attached hydrogen (secondary N) is 2. The molecule has 0 bridgehead atoms. The summed E-state index contributed by atoms with van der Waals surface area (Å²) in [6.45, 7) is 7.47. The summed E-state index contributed by atoms with van der Waals surface area (Å²) >= 11 is 5.49. The molecule has 1 aliphatic heterocycles. The Kier molecular flexibility index (Phi) is 5.92. The van der Waals surface area contributed by atoms with Gasteiger partial charge in [0.2, 0.25) is 0 Å². The summed E-state index contributed by atoms with van der Waals surface area (Å²) < 4.78 is 10.5. The van der Waals surface area contributed by atoms with Crippen LogP contribution in [0.3, 0.4) is 0 Å². The number of morpholine rings is 1. The van der Waals surface area contributed by atoms with Gasteiger partial charge in [0.15, 0.2) is 16.1 Å². The topological polar surface area (TPSA) is 75.5 Å². The Labute approximate surface area is 175 Å². The van der Waals surface area contributed by atoms with Crippen molar-refractivity contribution in [3.8, 4) is 0 Å². The highest BCUT2D eigenvalue weighted by molar-refractivity contribution is 7.80. The number of nitrogens with zero attached hydrogens (tertiary/aromatic N) is 3. The van der Waals surface area contributed by atoms with Crippen molar-refractivity contribution < 1.29 is 9.37 Å². The van der Waals surface area contributed by atoms with Gasteiger partial charge in [-0.1, -0.05) is 26.0 Å². The Morgan fingerprint density at radius 2 is 1.79 bits per heavy atom. The van der Waals surface area contributed by atoms with Crippen molar-refractivity contribution in [2.24, 2.45) is 0 Å². The van der Waals surface area contributed by atoms with E-state index in [-0.39, 0.29) is 0 Å². The molecule has 2 N–H and O–H groups in total. The molecule has 0 spiro atoms. The van der Waals surface area contributed by atoms with Gasteiger partial charge in [0.25, 0.3) is 0 Å². The standard InChI is InChI=1S/C21H25N5O2S/c1-3-14(2)15-4-6-16(7-5-15)22-21(29)23-17-8-9-18(20-19(17)24-28-25-20)26-10-12-27-13-11-26/h4-9,14H,3,10-13H2,1-2H3,(H2,22,23,29). The average Bonchev–Trinajstić information content (AvgIpc) is 3.25. The van der Waals surface area contributed by atoms with Gasteiger partial charge in [0.05, 0.1) is 24.6 Å². The van der Waals surface area contributed by atoms with E-state index in [9.17, 15) is 0 Å². The minimum Gasteiger partial charge on any atom is -0.378 e. The maximum atomic E-state index is 5.49. The van der Waals surface area contributed by atoms with Crippen LogP contribution in [0, 0.1) is 0 Å². The van der Waals surface area contributed by atoms with Gasteiger partial charge >= 0.3 is 0 Å². The summed E-state index contributed by atoms with van der Waals surface area (Å²) in [7, 11) is 0. The Morgan fingerprint density at radius 1 is 1.07 bits per heavy atom. The number of fused-ring (bicyclic) bond motifs is 1. The molecule has 1 saturated heterocycles. The molecule has 1 aliphatic rings. The SMILES string of the molecule is CCC(C)c1ccc(NC(=S)Nc2ccc(N3CCOCC3)c3nonc23)cc1. The highest BCUT2D eigenvalue weighted by Gasteiger charge is 2.19. The average molecular weight is 412 g/mol. The van der Waals surface area contributed by atoms with Crippen LogP contribution in [0.4, 0.5) is 17.1 Å². The Hall–Kier alpha value is -2.71. The summed E-state index contributed by atoms with van der Waals surface area (Å²) in [6.07, 6.45) is 1.12. The zero-order valence-corrected chi connectivity index (χ0v) is 17.5. The maximum absolute atomic E-state index is 5.49. The molecular formula is C21H25N5O2S. The van der Waals surface area contributed by atoms with Crippen molar-refractivity contribution in [2.45, 2.75) is 26.2 Å². The number of hydrogen-bond acceptors (Lipinski definition) is 6. The number of benzene rings is 2. The quantitative estimate of drug-likeness (QED) is 0.599. The van der Waals surface area contributed by atoms with Crippen molar-refractivity contribution in [1.82, 2.24) is 10.3 Å². The summed E-state index contributed by atoms with van der Waals surface area (Å²) in [4.78, 5) is 2.23. The highest BCUT2D eigenvalue weighted by Crippen LogP contribution is 2.30. The number of ether oxygens (including phenoxy) is 1. The van der Waals surface area contributed by atoms with E-state index in [0.717, 1.165) is 42.1 Å². The predicted octanol–water partition coefficient (Wildman–Crippen LogP) is 4.38. The Morgan fingerprint density at radius 3 is 2.52 bits per heavy atom. The number of anilines is 3. The van der Waals surface area contributed by atoms with E-state index < -0.39 is 0 Å². The van der Waals surface area contributed by atoms with Gasteiger partial charge in [0, 0.05) is 18.8 Å². The predicted molar refractivity (Wildman–Crippen MR) is 120 cm³/mol. The number of thiocarbonyl (C=S) groups is 1. The second-order valence-electron chi connectivity index (χ2n) is 7.20. The first-order valence-electron chi connectivity index (χ1n) is 9.91. The van der Waals surface area contributed by atoms with E-state index >= 15 is 0 Å². The fraction of sp³-hybridized carbons (Fsp3) is 0.381. The zero-order valence-electron chi connectivity index (χ0n) is 16.6. The summed E-state index contributed by atoms with van der Waals surface area (Å²) in [5.41, 5.74) is 5.39. The van der Waals surface area contributed by atoms with Gasteiger partial charge in [-0.3, -0.25) is 0 Å². The Balaban J connectivity index is 1.48. The Bertz CT molecular complexity index is 982. The van der Waals surface area contributed by atoms with Crippen LogP contribution in [-0.2, 0) is 4.74 Å². The molecular weight excluding hydrogens is 386 g/mol. The van der Waals surface area contributed by atoms with E-state index in [1.165, 1.54) is 5.56 Å². The lowest BCUT2D eigenvalue weighted by atomic mass is 9.99. The molecule has 2 heterocycles. The van der Waals surface area contributed by atoms with Crippen LogP contribution < -0.4 is 15.5 Å². The van der Waals surface area contributed by atoms with E-state index in [1.807, 2.05) is 24.3 Å². The van der Waals surface area contributed by atoms with Crippen molar-refractivity contribution in [2.75, 3.05) is 41.8 Å². The third kappa shape index (κ3) is 4.33. The molecule has 0 amide bonds. The first kappa shape index (κ1) is 19.6. The van der Waals surface area contributed by atoms with E-state index in [2.05, 4.69) is 51.8 Å². The fourth-order valence-electron chi connectivity index (χ4n) is 3.43. The van der Waals surface area contributed by atoms with Crippen LogP contribution in [-0.4, -0.2) is 41.7 Å².